The molecule has 1 fully saturated rings. The Morgan fingerprint density at radius 2 is 1.84 bits per heavy atom. The number of rotatable bonds is 4. The first kappa shape index (κ1) is 22.1. The normalized spacial score (nSPS) is 16.2. The van der Waals surface area contributed by atoms with Crippen molar-refractivity contribution < 1.29 is 23.5 Å². The van der Waals surface area contributed by atoms with E-state index in [-0.39, 0.29) is 40.3 Å². The minimum absolute atomic E-state index is 0.0363. The molecule has 0 spiro atoms. The van der Waals surface area contributed by atoms with E-state index in [2.05, 4.69) is 5.10 Å². The van der Waals surface area contributed by atoms with Crippen LogP contribution in [0.15, 0.2) is 24.3 Å². The number of nitrogens with zero attached hydrogens (tertiary/aromatic N) is 5. The van der Waals surface area contributed by atoms with Crippen LogP contribution < -0.4 is 0 Å². The van der Waals surface area contributed by atoms with Crippen LogP contribution >= 0.6 is 11.6 Å². The molecule has 1 aromatic heterocycles. The maximum atomic E-state index is 14.1. The highest BCUT2D eigenvalue weighted by atomic mass is 35.5. The lowest BCUT2D eigenvalue weighted by Gasteiger charge is -2.33. The highest BCUT2D eigenvalue weighted by Crippen LogP contribution is 2.23. The van der Waals surface area contributed by atoms with Crippen molar-refractivity contribution >= 4 is 29.5 Å². The summed E-state index contributed by atoms with van der Waals surface area (Å²) < 4.78 is 20.6. The van der Waals surface area contributed by atoms with E-state index in [4.69, 9.17) is 16.3 Å². The average Bonchev–Trinajstić information content (AvgIpc) is 3.23. The number of fused-ring (bicyclic) bond motifs is 1. The second-order valence-corrected chi connectivity index (χ2v) is 7.95. The number of benzene rings is 1. The SMILES string of the molecule is CCOC(=O)N1CCN(C(=O)c2cc3n(n2)CCN(Cc2c(F)cccc2Cl)C3=O)CC1. The monoisotopic (exact) mass is 463 g/mol. The van der Waals surface area contributed by atoms with Gasteiger partial charge in [-0.1, -0.05) is 17.7 Å². The topological polar surface area (TPSA) is 88.0 Å². The Morgan fingerprint density at radius 3 is 2.53 bits per heavy atom. The zero-order valence-electron chi connectivity index (χ0n) is 17.6. The highest BCUT2D eigenvalue weighted by molar-refractivity contribution is 6.31. The van der Waals surface area contributed by atoms with Crippen molar-refractivity contribution in [2.75, 3.05) is 39.3 Å². The number of piperazine rings is 1. The first-order valence-corrected chi connectivity index (χ1v) is 10.8. The number of carbonyl (C=O) groups excluding carboxylic acids is 3. The van der Waals surface area contributed by atoms with Crippen LogP contribution in [0.2, 0.25) is 5.02 Å². The van der Waals surface area contributed by atoms with Gasteiger partial charge in [-0.2, -0.15) is 5.10 Å². The van der Waals surface area contributed by atoms with Crippen LogP contribution in [0.5, 0.6) is 0 Å². The quantitative estimate of drug-likeness (QED) is 0.694. The number of hydrogen-bond acceptors (Lipinski definition) is 5. The van der Waals surface area contributed by atoms with Crippen LogP contribution in [-0.4, -0.2) is 81.7 Å². The lowest BCUT2D eigenvalue weighted by molar-refractivity contribution is 0.0564. The molecule has 1 aromatic carbocycles. The first-order chi connectivity index (χ1) is 15.4. The Balaban J connectivity index is 1.43. The van der Waals surface area contributed by atoms with Crippen molar-refractivity contribution in [1.29, 1.82) is 0 Å². The summed E-state index contributed by atoms with van der Waals surface area (Å²) in [4.78, 5) is 42.3. The van der Waals surface area contributed by atoms with Gasteiger partial charge in [0.1, 0.15) is 11.5 Å². The smallest absolute Gasteiger partial charge is 0.409 e. The molecule has 3 heterocycles. The molecule has 0 bridgehead atoms. The number of halogens is 2. The minimum atomic E-state index is -0.470. The van der Waals surface area contributed by atoms with Gasteiger partial charge in [-0.25, -0.2) is 9.18 Å². The molecule has 0 N–H and O–H groups in total. The lowest BCUT2D eigenvalue weighted by atomic mass is 10.1. The summed E-state index contributed by atoms with van der Waals surface area (Å²) in [6, 6.07) is 5.87. The Kier molecular flexibility index (Phi) is 6.31. The third-order valence-corrected chi connectivity index (χ3v) is 5.94. The van der Waals surface area contributed by atoms with E-state index in [0.29, 0.717) is 45.9 Å². The molecule has 0 aliphatic carbocycles. The second-order valence-electron chi connectivity index (χ2n) is 7.54. The van der Waals surface area contributed by atoms with Crippen LogP contribution in [0, 0.1) is 5.82 Å². The zero-order chi connectivity index (χ0) is 22.8. The standard InChI is InChI=1S/C21H23ClFN5O4/c1-2-32-21(31)26-8-6-25(7-9-26)19(29)17-12-18-20(30)27(10-11-28(18)24-17)13-14-15(22)4-3-5-16(14)23/h3-5,12H,2,6-11,13H2,1H3. The Hall–Kier alpha value is -3.14. The van der Waals surface area contributed by atoms with Gasteiger partial charge in [-0.05, 0) is 19.1 Å². The fourth-order valence-corrected chi connectivity index (χ4v) is 4.06. The molecule has 0 radical (unpaired) electrons. The fraction of sp³-hybridized carbons (Fsp3) is 0.429. The summed E-state index contributed by atoms with van der Waals surface area (Å²) >= 11 is 6.10. The summed E-state index contributed by atoms with van der Waals surface area (Å²) in [7, 11) is 0. The number of aromatic nitrogens is 2. The predicted octanol–water partition coefficient (Wildman–Crippen LogP) is 2.25. The molecule has 2 aliphatic heterocycles. The van der Waals surface area contributed by atoms with Crippen molar-refractivity contribution in [3.63, 3.8) is 0 Å². The van der Waals surface area contributed by atoms with Gasteiger partial charge < -0.3 is 19.4 Å². The van der Waals surface area contributed by atoms with Crippen LogP contribution in [0.1, 0.15) is 33.5 Å². The van der Waals surface area contributed by atoms with Gasteiger partial charge in [0.2, 0.25) is 0 Å². The lowest BCUT2D eigenvalue weighted by Crippen LogP contribution is -2.50. The van der Waals surface area contributed by atoms with Gasteiger partial charge in [0, 0.05) is 49.4 Å². The summed E-state index contributed by atoms with van der Waals surface area (Å²) in [5.74, 6) is -1.11. The maximum absolute atomic E-state index is 14.1. The van der Waals surface area contributed by atoms with Crippen molar-refractivity contribution in [2.45, 2.75) is 20.0 Å². The van der Waals surface area contributed by atoms with Crippen LogP contribution in [0.25, 0.3) is 0 Å². The zero-order valence-corrected chi connectivity index (χ0v) is 18.3. The maximum Gasteiger partial charge on any atom is 0.409 e. The molecule has 2 aliphatic rings. The van der Waals surface area contributed by atoms with Crippen LogP contribution in [0.3, 0.4) is 0 Å². The summed E-state index contributed by atoms with van der Waals surface area (Å²) in [6.07, 6.45) is -0.391. The molecule has 0 atom stereocenters. The molecule has 2 aromatic rings. The second kappa shape index (κ2) is 9.15. The molecular weight excluding hydrogens is 441 g/mol. The van der Waals surface area contributed by atoms with E-state index < -0.39 is 11.9 Å². The van der Waals surface area contributed by atoms with Crippen molar-refractivity contribution in [3.05, 3.63) is 52.1 Å². The first-order valence-electron chi connectivity index (χ1n) is 10.4. The van der Waals surface area contributed by atoms with Crippen molar-refractivity contribution in [1.82, 2.24) is 24.5 Å². The third-order valence-electron chi connectivity index (χ3n) is 5.59. The molecule has 0 unspecified atom stereocenters. The molecule has 4 rings (SSSR count). The van der Waals surface area contributed by atoms with Gasteiger partial charge in [-0.15, -0.1) is 0 Å². The molecule has 1 saturated heterocycles. The van der Waals surface area contributed by atoms with Gasteiger partial charge in [0.05, 0.1) is 19.7 Å². The van der Waals surface area contributed by atoms with Crippen LogP contribution in [-0.2, 0) is 17.8 Å². The molecule has 11 heteroatoms. The van der Waals surface area contributed by atoms with E-state index >= 15 is 0 Å². The van der Waals surface area contributed by atoms with Gasteiger partial charge in [0.25, 0.3) is 11.8 Å². The number of hydrogen-bond donors (Lipinski definition) is 0. The van der Waals surface area contributed by atoms with E-state index in [1.807, 2.05) is 0 Å². The molecular formula is C21H23ClFN5O4. The van der Waals surface area contributed by atoms with Gasteiger partial charge in [0.15, 0.2) is 5.69 Å². The average molecular weight is 464 g/mol. The van der Waals surface area contributed by atoms with E-state index in [0.717, 1.165) is 0 Å². The summed E-state index contributed by atoms with van der Waals surface area (Å²) in [5, 5.41) is 4.57. The Labute approximate surface area is 189 Å². The number of carbonyl (C=O) groups is 3. The molecule has 9 nitrogen and oxygen atoms in total. The van der Waals surface area contributed by atoms with E-state index in [9.17, 15) is 18.8 Å². The number of amides is 3. The van der Waals surface area contributed by atoms with Crippen LogP contribution in [0.4, 0.5) is 9.18 Å². The fourth-order valence-electron chi connectivity index (χ4n) is 3.84. The summed E-state index contributed by atoms with van der Waals surface area (Å²) in [6.45, 7) is 4.23. The molecule has 170 valence electrons. The molecule has 32 heavy (non-hydrogen) atoms. The van der Waals surface area contributed by atoms with Gasteiger partial charge in [-0.3, -0.25) is 14.3 Å². The summed E-state index contributed by atoms with van der Waals surface area (Å²) in [5.41, 5.74) is 0.701. The molecule has 0 saturated carbocycles. The van der Waals surface area contributed by atoms with Crippen molar-refractivity contribution in [3.8, 4) is 0 Å². The molecule has 3 amide bonds. The van der Waals surface area contributed by atoms with E-state index in [1.165, 1.54) is 27.8 Å². The van der Waals surface area contributed by atoms with E-state index in [1.54, 1.807) is 22.8 Å². The highest BCUT2D eigenvalue weighted by Gasteiger charge is 2.31. The largest absolute Gasteiger partial charge is 0.450 e. The predicted molar refractivity (Wildman–Crippen MR) is 113 cm³/mol. The third kappa shape index (κ3) is 4.27. The Morgan fingerprint density at radius 1 is 1.12 bits per heavy atom. The number of ether oxygens (including phenoxy) is 1. The Bertz CT molecular complexity index is 1030. The van der Waals surface area contributed by atoms with Gasteiger partial charge >= 0.3 is 6.09 Å². The minimum Gasteiger partial charge on any atom is -0.450 e. The van der Waals surface area contributed by atoms with Crippen molar-refractivity contribution in [2.24, 2.45) is 0 Å².